The molecule has 0 aromatic rings. The Morgan fingerprint density at radius 2 is 1.89 bits per heavy atom. The first-order valence-electron chi connectivity index (χ1n) is 6.59. The van der Waals surface area contributed by atoms with Crippen molar-refractivity contribution in [1.29, 1.82) is 0 Å². The summed E-state index contributed by atoms with van der Waals surface area (Å²) in [7, 11) is 0. The van der Waals surface area contributed by atoms with Crippen molar-refractivity contribution in [2.24, 2.45) is 5.41 Å². The largest absolute Gasteiger partial charge is 0.401 e. The molecule has 19 heavy (non-hydrogen) atoms. The molecular formula is C12H20F3N3O. The Bertz CT molecular complexity index is 332. The Hall–Kier alpha value is -0.820. The van der Waals surface area contributed by atoms with E-state index in [-0.39, 0.29) is 11.3 Å². The molecule has 110 valence electrons. The first-order chi connectivity index (χ1) is 8.80. The summed E-state index contributed by atoms with van der Waals surface area (Å²) in [4.78, 5) is 15.4. The summed E-state index contributed by atoms with van der Waals surface area (Å²) in [6.45, 7) is 3.93. The maximum absolute atomic E-state index is 12.4. The fraction of sp³-hybridized carbons (Fsp3) is 0.917. The second-order valence-corrected chi connectivity index (χ2v) is 5.67. The van der Waals surface area contributed by atoms with Gasteiger partial charge in [-0.2, -0.15) is 13.2 Å². The van der Waals surface area contributed by atoms with Gasteiger partial charge in [0.05, 0.1) is 12.0 Å². The normalized spacial score (nSPS) is 29.8. The summed E-state index contributed by atoms with van der Waals surface area (Å²) in [6, 6.07) is 0. The van der Waals surface area contributed by atoms with Crippen LogP contribution in [0.25, 0.3) is 0 Å². The Morgan fingerprint density at radius 3 is 2.37 bits per heavy atom. The lowest BCUT2D eigenvalue weighted by atomic mass is 9.88. The van der Waals surface area contributed by atoms with E-state index < -0.39 is 12.7 Å². The summed E-state index contributed by atoms with van der Waals surface area (Å²) in [5, 5.41) is 3.17. The number of rotatable bonds is 2. The Kier molecular flexibility index (Phi) is 4.06. The van der Waals surface area contributed by atoms with Crippen LogP contribution in [0.4, 0.5) is 13.2 Å². The summed E-state index contributed by atoms with van der Waals surface area (Å²) in [5.41, 5.74) is -0.383. The number of hydrogen-bond acceptors (Lipinski definition) is 3. The summed E-state index contributed by atoms with van der Waals surface area (Å²) >= 11 is 0. The predicted molar refractivity (Wildman–Crippen MR) is 64.7 cm³/mol. The number of carbonyl (C=O) groups excluding carboxylic acids is 1. The minimum atomic E-state index is -4.16. The van der Waals surface area contributed by atoms with Gasteiger partial charge >= 0.3 is 6.18 Å². The van der Waals surface area contributed by atoms with Crippen LogP contribution in [0.3, 0.4) is 0 Å². The minimum Gasteiger partial charge on any atom is -0.340 e. The van der Waals surface area contributed by atoms with E-state index in [1.165, 1.54) is 4.90 Å². The maximum Gasteiger partial charge on any atom is 0.401 e. The molecule has 2 heterocycles. The molecule has 2 aliphatic rings. The molecule has 0 bridgehead atoms. The molecule has 1 N–H and O–H groups in total. The Labute approximate surface area is 110 Å². The number of halogens is 3. The van der Waals surface area contributed by atoms with Crippen molar-refractivity contribution < 1.29 is 18.0 Å². The second kappa shape index (κ2) is 5.28. The molecule has 2 saturated heterocycles. The van der Waals surface area contributed by atoms with Gasteiger partial charge in [0.2, 0.25) is 5.91 Å². The van der Waals surface area contributed by atoms with Crippen LogP contribution < -0.4 is 5.32 Å². The number of nitrogens with one attached hydrogen (secondary N) is 1. The van der Waals surface area contributed by atoms with Crippen molar-refractivity contribution in [1.82, 2.24) is 15.1 Å². The van der Waals surface area contributed by atoms with Crippen LogP contribution in [-0.4, -0.2) is 67.7 Å². The Balaban J connectivity index is 1.84. The van der Waals surface area contributed by atoms with Gasteiger partial charge in [0.1, 0.15) is 0 Å². The molecule has 2 fully saturated rings. The topological polar surface area (TPSA) is 35.6 Å². The van der Waals surface area contributed by atoms with Gasteiger partial charge in [-0.15, -0.1) is 0 Å². The van der Waals surface area contributed by atoms with Crippen LogP contribution >= 0.6 is 0 Å². The van der Waals surface area contributed by atoms with E-state index in [0.717, 1.165) is 13.0 Å². The van der Waals surface area contributed by atoms with Crippen LogP contribution in [0.15, 0.2) is 0 Å². The molecule has 0 spiro atoms. The fourth-order valence-corrected chi connectivity index (χ4v) is 2.74. The Morgan fingerprint density at radius 1 is 1.26 bits per heavy atom. The molecule has 4 nitrogen and oxygen atoms in total. The quantitative estimate of drug-likeness (QED) is 0.808. The predicted octanol–water partition coefficient (Wildman–Crippen LogP) is 0.693. The fourth-order valence-electron chi connectivity index (χ4n) is 2.74. The first kappa shape index (κ1) is 14.6. The van der Waals surface area contributed by atoms with E-state index in [1.807, 2.05) is 6.92 Å². The lowest BCUT2D eigenvalue weighted by Gasteiger charge is -2.38. The van der Waals surface area contributed by atoms with Gasteiger partial charge < -0.3 is 10.2 Å². The molecule has 2 aliphatic heterocycles. The minimum absolute atomic E-state index is 0.0733. The smallest absolute Gasteiger partial charge is 0.340 e. The van der Waals surface area contributed by atoms with E-state index in [2.05, 4.69) is 5.32 Å². The van der Waals surface area contributed by atoms with Gasteiger partial charge in [0.25, 0.3) is 0 Å². The third-order valence-electron chi connectivity index (χ3n) is 3.95. The van der Waals surface area contributed by atoms with E-state index in [1.54, 1.807) is 4.90 Å². The monoisotopic (exact) mass is 279 g/mol. The van der Waals surface area contributed by atoms with E-state index in [9.17, 15) is 18.0 Å². The van der Waals surface area contributed by atoms with Crippen LogP contribution in [0, 0.1) is 5.41 Å². The SMILES string of the molecule is CC1(C(=O)N2CCN(CC(F)(F)F)CC2)CCNC1. The number of amides is 1. The van der Waals surface area contributed by atoms with Crippen molar-refractivity contribution in [2.75, 3.05) is 45.8 Å². The van der Waals surface area contributed by atoms with Crippen LogP contribution in [0.2, 0.25) is 0 Å². The summed E-state index contributed by atoms with van der Waals surface area (Å²) in [5.74, 6) is 0.0733. The lowest BCUT2D eigenvalue weighted by molar-refractivity contribution is -0.154. The molecule has 0 aromatic heterocycles. The van der Waals surface area contributed by atoms with Gasteiger partial charge in [-0.05, 0) is 19.9 Å². The van der Waals surface area contributed by atoms with Crippen molar-refractivity contribution >= 4 is 5.91 Å². The average molecular weight is 279 g/mol. The summed E-state index contributed by atoms with van der Waals surface area (Å²) in [6.07, 6.45) is -3.36. The highest BCUT2D eigenvalue weighted by atomic mass is 19.4. The van der Waals surface area contributed by atoms with E-state index in [4.69, 9.17) is 0 Å². The summed E-state index contributed by atoms with van der Waals surface area (Å²) < 4.78 is 36.8. The van der Waals surface area contributed by atoms with Gasteiger partial charge in [0, 0.05) is 32.7 Å². The van der Waals surface area contributed by atoms with Crippen molar-refractivity contribution in [2.45, 2.75) is 19.5 Å². The van der Waals surface area contributed by atoms with Crippen molar-refractivity contribution in [3.63, 3.8) is 0 Å². The average Bonchev–Trinajstić information content (AvgIpc) is 2.75. The van der Waals surface area contributed by atoms with E-state index in [0.29, 0.717) is 32.7 Å². The molecule has 1 unspecified atom stereocenters. The molecular weight excluding hydrogens is 259 g/mol. The van der Waals surface area contributed by atoms with Crippen LogP contribution in [0.1, 0.15) is 13.3 Å². The standard InChI is InChI=1S/C12H20F3N3O/c1-11(2-3-16-8-11)10(19)18-6-4-17(5-7-18)9-12(13,14)15/h16H,2-9H2,1H3. The lowest BCUT2D eigenvalue weighted by Crippen LogP contribution is -2.54. The van der Waals surface area contributed by atoms with Gasteiger partial charge in [-0.3, -0.25) is 9.69 Å². The van der Waals surface area contributed by atoms with Gasteiger partial charge in [-0.1, -0.05) is 0 Å². The highest BCUT2D eigenvalue weighted by Crippen LogP contribution is 2.28. The molecule has 0 radical (unpaired) electrons. The van der Waals surface area contributed by atoms with E-state index >= 15 is 0 Å². The maximum atomic E-state index is 12.4. The zero-order valence-electron chi connectivity index (χ0n) is 11.1. The molecule has 1 atom stereocenters. The molecule has 0 aliphatic carbocycles. The highest BCUT2D eigenvalue weighted by Gasteiger charge is 2.40. The third kappa shape index (κ3) is 3.60. The number of piperazine rings is 1. The molecule has 0 saturated carbocycles. The molecule has 2 rings (SSSR count). The van der Waals surface area contributed by atoms with Crippen LogP contribution in [-0.2, 0) is 4.79 Å². The van der Waals surface area contributed by atoms with Gasteiger partial charge in [0.15, 0.2) is 0 Å². The van der Waals surface area contributed by atoms with Gasteiger partial charge in [-0.25, -0.2) is 0 Å². The number of hydrogen-bond donors (Lipinski definition) is 1. The number of nitrogens with zero attached hydrogens (tertiary/aromatic N) is 2. The van der Waals surface area contributed by atoms with Crippen molar-refractivity contribution in [3.05, 3.63) is 0 Å². The first-order valence-corrected chi connectivity index (χ1v) is 6.59. The second-order valence-electron chi connectivity index (χ2n) is 5.67. The van der Waals surface area contributed by atoms with Crippen LogP contribution in [0.5, 0.6) is 0 Å². The highest BCUT2D eigenvalue weighted by molar-refractivity contribution is 5.83. The third-order valence-corrected chi connectivity index (χ3v) is 3.95. The molecule has 7 heteroatoms. The zero-order valence-corrected chi connectivity index (χ0v) is 11.1. The van der Waals surface area contributed by atoms with Crippen molar-refractivity contribution in [3.8, 4) is 0 Å². The zero-order chi connectivity index (χ0) is 14.1. The molecule has 0 aromatic carbocycles. The number of alkyl halides is 3. The number of carbonyl (C=O) groups is 1. The molecule has 1 amide bonds.